The highest BCUT2D eigenvalue weighted by atomic mass is 16.4. The average molecular weight is 275 g/mol. The quantitative estimate of drug-likeness (QED) is 0.881. The van der Waals surface area contributed by atoms with E-state index in [0.29, 0.717) is 17.6 Å². The first kappa shape index (κ1) is 14.6. The monoisotopic (exact) mass is 275 g/mol. The van der Waals surface area contributed by atoms with Crippen molar-refractivity contribution in [3.63, 3.8) is 0 Å². The molecule has 1 aromatic heterocycles. The zero-order valence-corrected chi connectivity index (χ0v) is 12.2. The first-order chi connectivity index (χ1) is 9.49. The maximum Gasteiger partial charge on any atom is 0.337 e. The van der Waals surface area contributed by atoms with E-state index >= 15 is 0 Å². The number of fused-ring (bicyclic) bond motifs is 1. The lowest BCUT2D eigenvalue weighted by molar-refractivity contribution is 0.0698. The SMILES string of the molecule is CCc1cn(CCO)c2c(C(=O)O)cc(C(C)C)cc12. The highest BCUT2D eigenvalue weighted by Gasteiger charge is 2.18. The van der Waals surface area contributed by atoms with Crippen LogP contribution in [0.25, 0.3) is 10.9 Å². The summed E-state index contributed by atoms with van der Waals surface area (Å²) < 4.78 is 1.85. The Labute approximate surface area is 118 Å². The van der Waals surface area contributed by atoms with Gasteiger partial charge in [-0.3, -0.25) is 0 Å². The van der Waals surface area contributed by atoms with Gasteiger partial charge >= 0.3 is 5.97 Å². The van der Waals surface area contributed by atoms with Gasteiger partial charge in [0.25, 0.3) is 0 Å². The number of aromatic nitrogens is 1. The first-order valence-electron chi connectivity index (χ1n) is 6.99. The molecule has 0 atom stereocenters. The summed E-state index contributed by atoms with van der Waals surface area (Å²) in [7, 11) is 0. The van der Waals surface area contributed by atoms with Crippen molar-refractivity contribution in [2.75, 3.05) is 6.61 Å². The van der Waals surface area contributed by atoms with Crippen molar-refractivity contribution in [1.29, 1.82) is 0 Å². The number of nitrogens with zero attached hydrogens (tertiary/aromatic N) is 1. The Morgan fingerprint density at radius 2 is 2.05 bits per heavy atom. The van der Waals surface area contributed by atoms with Crippen molar-refractivity contribution >= 4 is 16.9 Å². The third-order valence-corrected chi connectivity index (χ3v) is 3.70. The van der Waals surface area contributed by atoms with Gasteiger partial charge in [-0.25, -0.2) is 4.79 Å². The Morgan fingerprint density at radius 3 is 2.55 bits per heavy atom. The van der Waals surface area contributed by atoms with Crippen LogP contribution in [0.5, 0.6) is 0 Å². The smallest absolute Gasteiger partial charge is 0.337 e. The van der Waals surface area contributed by atoms with E-state index in [2.05, 4.69) is 26.8 Å². The van der Waals surface area contributed by atoms with Gasteiger partial charge < -0.3 is 14.8 Å². The number of carbonyl (C=O) groups is 1. The summed E-state index contributed by atoms with van der Waals surface area (Å²) in [5.74, 6) is -0.638. The number of hydrogen-bond acceptors (Lipinski definition) is 2. The molecule has 20 heavy (non-hydrogen) atoms. The molecule has 0 saturated carbocycles. The number of hydrogen-bond donors (Lipinski definition) is 2. The van der Waals surface area contributed by atoms with Crippen LogP contribution in [0.1, 0.15) is 48.2 Å². The number of aliphatic hydroxyl groups is 1. The van der Waals surface area contributed by atoms with E-state index in [1.165, 1.54) is 0 Å². The van der Waals surface area contributed by atoms with E-state index in [-0.39, 0.29) is 12.5 Å². The molecule has 0 fully saturated rings. The van der Waals surface area contributed by atoms with Crippen molar-refractivity contribution in [1.82, 2.24) is 4.57 Å². The van der Waals surface area contributed by atoms with Gasteiger partial charge in [0.15, 0.2) is 0 Å². The summed E-state index contributed by atoms with van der Waals surface area (Å²) in [4.78, 5) is 11.6. The zero-order valence-electron chi connectivity index (χ0n) is 12.2. The molecule has 2 aromatic rings. The number of carboxylic acids is 1. The van der Waals surface area contributed by atoms with Gasteiger partial charge in [-0.2, -0.15) is 0 Å². The van der Waals surface area contributed by atoms with Crippen LogP contribution in [0, 0.1) is 0 Å². The van der Waals surface area contributed by atoms with Gasteiger partial charge in [-0.05, 0) is 35.6 Å². The van der Waals surface area contributed by atoms with Crippen molar-refractivity contribution in [2.45, 2.75) is 39.7 Å². The van der Waals surface area contributed by atoms with Gasteiger partial charge in [-0.1, -0.05) is 20.8 Å². The number of carboxylic acid groups (broad SMARTS) is 1. The molecule has 0 aliphatic rings. The molecule has 0 spiro atoms. The van der Waals surface area contributed by atoms with Crippen LogP contribution in [-0.4, -0.2) is 27.4 Å². The summed E-state index contributed by atoms with van der Waals surface area (Å²) in [6.07, 6.45) is 2.80. The molecule has 108 valence electrons. The van der Waals surface area contributed by atoms with Crippen LogP contribution in [0.15, 0.2) is 18.3 Å². The number of aliphatic hydroxyl groups excluding tert-OH is 1. The Bertz CT molecular complexity index is 641. The molecule has 4 heteroatoms. The van der Waals surface area contributed by atoms with Crippen molar-refractivity contribution in [3.8, 4) is 0 Å². The van der Waals surface area contributed by atoms with Gasteiger partial charge in [0.1, 0.15) is 0 Å². The number of rotatable bonds is 5. The molecule has 0 bridgehead atoms. The van der Waals surface area contributed by atoms with E-state index < -0.39 is 5.97 Å². The standard InChI is InChI=1S/C16H21NO3/c1-4-11-9-17(5-6-18)15-13(11)7-12(10(2)3)8-14(15)16(19)20/h7-10,18H,4-6H2,1-3H3,(H,19,20). The van der Waals surface area contributed by atoms with E-state index in [1.807, 2.05) is 10.8 Å². The van der Waals surface area contributed by atoms with Crippen LogP contribution < -0.4 is 0 Å². The third kappa shape index (κ3) is 2.43. The summed E-state index contributed by atoms with van der Waals surface area (Å²) in [6, 6.07) is 3.84. The highest BCUT2D eigenvalue weighted by molar-refractivity contribution is 6.04. The minimum absolute atomic E-state index is 0.00206. The molecule has 0 radical (unpaired) electrons. The lowest BCUT2D eigenvalue weighted by Crippen LogP contribution is -2.06. The van der Waals surface area contributed by atoms with Crippen molar-refractivity contribution < 1.29 is 15.0 Å². The molecule has 2 N–H and O–H groups in total. The molecule has 0 saturated heterocycles. The topological polar surface area (TPSA) is 62.5 Å². The molecule has 2 rings (SSSR count). The number of benzene rings is 1. The summed E-state index contributed by atoms with van der Waals surface area (Å²) in [5, 5.41) is 19.6. The van der Waals surface area contributed by atoms with Gasteiger partial charge in [0, 0.05) is 18.1 Å². The second-order valence-corrected chi connectivity index (χ2v) is 5.35. The number of aryl methyl sites for hydroxylation is 1. The van der Waals surface area contributed by atoms with Crippen molar-refractivity contribution in [3.05, 3.63) is 35.0 Å². The lowest BCUT2D eigenvalue weighted by Gasteiger charge is -2.11. The maximum absolute atomic E-state index is 11.6. The average Bonchev–Trinajstić information content (AvgIpc) is 2.76. The third-order valence-electron chi connectivity index (χ3n) is 3.70. The minimum Gasteiger partial charge on any atom is -0.478 e. The lowest BCUT2D eigenvalue weighted by atomic mass is 9.96. The predicted octanol–water partition coefficient (Wildman–Crippen LogP) is 3.02. The molecule has 1 heterocycles. The minimum atomic E-state index is -0.919. The second kappa shape index (κ2) is 5.67. The molecule has 1 aromatic carbocycles. The molecule has 0 unspecified atom stereocenters. The fourth-order valence-electron chi connectivity index (χ4n) is 2.60. The van der Waals surface area contributed by atoms with E-state index in [4.69, 9.17) is 5.11 Å². The molecule has 0 aliphatic heterocycles. The first-order valence-corrected chi connectivity index (χ1v) is 6.99. The molecule has 0 amide bonds. The molecule has 0 aliphatic carbocycles. The Hall–Kier alpha value is -1.81. The van der Waals surface area contributed by atoms with Crippen LogP contribution in [0.2, 0.25) is 0 Å². The Balaban J connectivity index is 2.82. The summed E-state index contributed by atoms with van der Waals surface area (Å²) in [6.45, 7) is 6.59. The fourth-order valence-corrected chi connectivity index (χ4v) is 2.60. The Kier molecular flexibility index (Phi) is 4.14. The zero-order chi connectivity index (χ0) is 14.9. The van der Waals surface area contributed by atoms with Gasteiger partial charge in [0.2, 0.25) is 0 Å². The highest BCUT2D eigenvalue weighted by Crippen LogP contribution is 2.30. The van der Waals surface area contributed by atoms with Crippen LogP contribution >= 0.6 is 0 Å². The fraction of sp³-hybridized carbons (Fsp3) is 0.438. The van der Waals surface area contributed by atoms with Gasteiger partial charge in [0.05, 0.1) is 17.7 Å². The molecular formula is C16H21NO3. The van der Waals surface area contributed by atoms with Crippen LogP contribution in [-0.2, 0) is 13.0 Å². The summed E-state index contributed by atoms with van der Waals surface area (Å²) >= 11 is 0. The van der Waals surface area contributed by atoms with Crippen LogP contribution in [0.3, 0.4) is 0 Å². The molecular weight excluding hydrogens is 254 g/mol. The Morgan fingerprint density at radius 1 is 1.35 bits per heavy atom. The molecule has 4 nitrogen and oxygen atoms in total. The second-order valence-electron chi connectivity index (χ2n) is 5.35. The van der Waals surface area contributed by atoms with E-state index in [0.717, 1.165) is 22.9 Å². The maximum atomic E-state index is 11.6. The van der Waals surface area contributed by atoms with Crippen LogP contribution in [0.4, 0.5) is 0 Å². The van der Waals surface area contributed by atoms with E-state index in [1.54, 1.807) is 6.07 Å². The largest absolute Gasteiger partial charge is 0.478 e. The van der Waals surface area contributed by atoms with E-state index in [9.17, 15) is 9.90 Å². The van der Waals surface area contributed by atoms with Gasteiger partial charge in [-0.15, -0.1) is 0 Å². The number of aromatic carboxylic acids is 1. The predicted molar refractivity (Wildman–Crippen MR) is 79.5 cm³/mol. The summed E-state index contributed by atoms with van der Waals surface area (Å²) in [5.41, 5.74) is 3.19. The van der Waals surface area contributed by atoms with Crippen molar-refractivity contribution in [2.24, 2.45) is 0 Å². The normalized spacial score (nSPS) is 11.4.